The highest BCUT2D eigenvalue weighted by Crippen LogP contribution is 2.14. The summed E-state index contributed by atoms with van der Waals surface area (Å²) in [5.74, 6) is -0.834. The lowest BCUT2D eigenvalue weighted by Gasteiger charge is -2.06. The predicted molar refractivity (Wildman–Crippen MR) is 63.9 cm³/mol. The molecule has 2 N–H and O–H groups in total. The second-order valence-corrected chi connectivity index (χ2v) is 4.11. The van der Waals surface area contributed by atoms with Gasteiger partial charge in [-0.25, -0.2) is 13.5 Å². The maximum Gasteiger partial charge on any atom is 0.169 e. The highest BCUT2D eigenvalue weighted by atomic mass is 19.1. The van der Waals surface area contributed by atoms with E-state index in [1.54, 1.807) is 4.68 Å². The van der Waals surface area contributed by atoms with Gasteiger partial charge in [0.05, 0.1) is 12.2 Å². The molecule has 0 saturated heterocycles. The zero-order valence-corrected chi connectivity index (χ0v) is 10.0. The summed E-state index contributed by atoms with van der Waals surface area (Å²) in [4.78, 5) is 0. The van der Waals surface area contributed by atoms with Crippen LogP contribution in [0, 0.1) is 11.6 Å². The van der Waals surface area contributed by atoms with E-state index < -0.39 is 11.6 Å². The van der Waals surface area contributed by atoms with Crippen LogP contribution in [0.3, 0.4) is 0 Å². The fourth-order valence-corrected chi connectivity index (χ4v) is 1.84. The average Bonchev–Trinajstić information content (AvgIpc) is 2.60. The molecule has 0 amide bonds. The minimum absolute atomic E-state index is 0.258. The highest BCUT2D eigenvalue weighted by Gasteiger charge is 2.10. The van der Waals surface area contributed by atoms with Crippen LogP contribution >= 0.6 is 0 Å². The van der Waals surface area contributed by atoms with E-state index in [1.807, 2.05) is 6.92 Å². The Labute approximate surface area is 103 Å². The van der Waals surface area contributed by atoms with Crippen molar-refractivity contribution in [3.05, 3.63) is 41.1 Å². The highest BCUT2D eigenvalue weighted by molar-refractivity contribution is 5.33. The number of rotatable bonds is 4. The zero-order valence-electron chi connectivity index (χ0n) is 10.0. The second-order valence-electron chi connectivity index (χ2n) is 4.11. The molecule has 2 rings (SSSR count). The number of aromatic nitrogens is 3. The van der Waals surface area contributed by atoms with Crippen LogP contribution in [0.1, 0.15) is 24.6 Å². The normalized spacial score (nSPS) is 10.8. The molecule has 1 aromatic heterocycles. The molecule has 4 nitrogen and oxygen atoms in total. The van der Waals surface area contributed by atoms with E-state index in [4.69, 9.17) is 5.73 Å². The van der Waals surface area contributed by atoms with E-state index in [1.165, 1.54) is 12.1 Å². The Hall–Kier alpha value is -1.98. The van der Waals surface area contributed by atoms with E-state index >= 15 is 0 Å². The van der Waals surface area contributed by atoms with Crippen LogP contribution in [0.2, 0.25) is 0 Å². The lowest BCUT2D eigenvalue weighted by Crippen LogP contribution is -2.08. The maximum absolute atomic E-state index is 13.1. The minimum atomic E-state index is -0.602. The molecular weight excluding hydrogens is 238 g/mol. The quantitative estimate of drug-likeness (QED) is 0.907. The van der Waals surface area contributed by atoms with Crippen LogP contribution in [0.4, 0.5) is 14.6 Å². The molecular formula is C12H14F2N4. The van der Waals surface area contributed by atoms with Crippen LogP contribution < -0.4 is 5.73 Å². The molecule has 1 aromatic carbocycles. The number of nitrogens with zero attached hydrogens (tertiary/aromatic N) is 3. The van der Waals surface area contributed by atoms with E-state index in [0.29, 0.717) is 11.4 Å². The summed E-state index contributed by atoms with van der Waals surface area (Å²) in [5.41, 5.74) is 6.99. The average molecular weight is 252 g/mol. The smallest absolute Gasteiger partial charge is 0.169 e. The van der Waals surface area contributed by atoms with Crippen LogP contribution in [0.15, 0.2) is 18.2 Å². The minimum Gasteiger partial charge on any atom is -0.381 e. The first-order valence-electron chi connectivity index (χ1n) is 5.73. The topological polar surface area (TPSA) is 56.7 Å². The first-order valence-corrected chi connectivity index (χ1v) is 5.73. The summed E-state index contributed by atoms with van der Waals surface area (Å²) in [6.45, 7) is 2.27. The lowest BCUT2D eigenvalue weighted by molar-refractivity contribution is 0.567. The molecule has 0 bridgehead atoms. The lowest BCUT2D eigenvalue weighted by atomic mass is 10.2. The van der Waals surface area contributed by atoms with Gasteiger partial charge < -0.3 is 5.73 Å². The van der Waals surface area contributed by atoms with E-state index in [2.05, 4.69) is 10.3 Å². The summed E-state index contributed by atoms with van der Waals surface area (Å²) in [5, 5.41) is 7.67. The summed E-state index contributed by atoms with van der Waals surface area (Å²) in [7, 11) is 0. The van der Waals surface area contributed by atoms with Crippen LogP contribution in [0.5, 0.6) is 0 Å². The molecule has 1 heterocycles. The predicted octanol–water partition coefficient (Wildman–Crippen LogP) is 2.14. The first-order chi connectivity index (χ1) is 8.60. The number of hydrogen-bond acceptors (Lipinski definition) is 3. The molecule has 0 aliphatic rings. The van der Waals surface area contributed by atoms with Gasteiger partial charge >= 0.3 is 0 Å². The molecule has 0 atom stereocenters. The molecule has 0 radical (unpaired) electrons. The second kappa shape index (κ2) is 5.12. The Morgan fingerprint density at radius 2 is 1.89 bits per heavy atom. The molecule has 18 heavy (non-hydrogen) atoms. The van der Waals surface area contributed by atoms with Gasteiger partial charge in [0.25, 0.3) is 0 Å². The number of nitrogens with two attached hydrogens (primary N) is 1. The number of nitrogen functional groups attached to an aromatic ring is 1. The Kier molecular flexibility index (Phi) is 3.55. The van der Waals surface area contributed by atoms with Crippen LogP contribution in [-0.4, -0.2) is 15.0 Å². The molecule has 0 spiro atoms. The summed E-state index contributed by atoms with van der Waals surface area (Å²) >= 11 is 0. The van der Waals surface area contributed by atoms with Crippen molar-refractivity contribution in [2.24, 2.45) is 0 Å². The summed E-state index contributed by atoms with van der Waals surface area (Å²) in [6, 6.07) is 3.39. The van der Waals surface area contributed by atoms with Gasteiger partial charge in [0.1, 0.15) is 11.6 Å². The molecule has 0 unspecified atom stereocenters. The van der Waals surface area contributed by atoms with Crippen molar-refractivity contribution in [1.29, 1.82) is 0 Å². The Bertz CT molecular complexity index is 531. The molecule has 2 aromatic rings. The Balaban J connectivity index is 2.28. The van der Waals surface area contributed by atoms with Crippen molar-refractivity contribution in [3.63, 3.8) is 0 Å². The third-order valence-electron chi connectivity index (χ3n) is 2.61. The monoisotopic (exact) mass is 252 g/mol. The SMILES string of the molecule is CCCc1c(N)nnn1Cc1cc(F)cc(F)c1. The van der Waals surface area contributed by atoms with E-state index in [-0.39, 0.29) is 6.54 Å². The number of benzene rings is 1. The van der Waals surface area contributed by atoms with Gasteiger partial charge in [0, 0.05) is 6.07 Å². The largest absolute Gasteiger partial charge is 0.381 e. The van der Waals surface area contributed by atoms with Gasteiger partial charge in [-0.1, -0.05) is 18.6 Å². The number of hydrogen-bond donors (Lipinski definition) is 1. The van der Waals surface area contributed by atoms with Crippen molar-refractivity contribution in [2.75, 3.05) is 5.73 Å². The Morgan fingerprint density at radius 3 is 2.50 bits per heavy atom. The molecule has 96 valence electrons. The van der Waals surface area contributed by atoms with Crippen molar-refractivity contribution in [3.8, 4) is 0 Å². The third kappa shape index (κ3) is 2.64. The van der Waals surface area contributed by atoms with Crippen LogP contribution in [0.25, 0.3) is 0 Å². The van der Waals surface area contributed by atoms with Gasteiger partial charge in [0.2, 0.25) is 0 Å². The number of anilines is 1. The van der Waals surface area contributed by atoms with Gasteiger partial charge in [-0.2, -0.15) is 0 Å². The standard InChI is InChI=1S/C12H14F2N4/c1-2-3-11-12(15)16-17-18(11)7-8-4-9(13)6-10(14)5-8/h4-6H,2-3,7,15H2,1H3. The summed E-state index contributed by atoms with van der Waals surface area (Å²) in [6.07, 6.45) is 1.63. The van der Waals surface area contributed by atoms with Gasteiger partial charge in [-0.3, -0.25) is 0 Å². The summed E-state index contributed by atoms with van der Waals surface area (Å²) < 4.78 is 27.7. The molecule has 0 aliphatic carbocycles. The van der Waals surface area contributed by atoms with E-state index in [9.17, 15) is 8.78 Å². The van der Waals surface area contributed by atoms with Crippen molar-refractivity contribution in [2.45, 2.75) is 26.3 Å². The van der Waals surface area contributed by atoms with Crippen molar-refractivity contribution in [1.82, 2.24) is 15.0 Å². The molecule has 0 fully saturated rings. The maximum atomic E-state index is 13.1. The fourth-order valence-electron chi connectivity index (χ4n) is 1.84. The van der Waals surface area contributed by atoms with Gasteiger partial charge in [-0.15, -0.1) is 5.10 Å². The van der Waals surface area contributed by atoms with Crippen molar-refractivity contribution >= 4 is 5.82 Å². The van der Waals surface area contributed by atoms with Crippen molar-refractivity contribution < 1.29 is 8.78 Å². The van der Waals surface area contributed by atoms with Gasteiger partial charge in [-0.05, 0) is 24.1 Å². The first kappa shape index (κ1) is 12.5. The number of halogens is 2. The van der Waals surface area contributed by atoms with Gasteiger partial charge in [0.15, 0.2) is 5.82 Å². The van der Waals surface area contributed by atoms with Crippen LogP contribution in [-0.2, 0) is 13.0 Å². The Morgan fingerprint density at radius 1 is 1.22 bits per heavy atom. The molecule has 0 saturated carbocycles. The third-order valence-corrected chi connectivity index (χ3v) is 2.61. The van der Waals surface area contributed by atoms with E-state index in [0.717, 1.165) is 24.6 Å². The molecule has 6 heteroatoms. The molecule has 0 aliphatic heterocycles. The zero-order chi connectivity index (χ0) is 13.1. The fraction of sp³-hybridized carbons (Fsp3) is 0.333.